The lowest BCUT2D eigenvalue weighted by molar-refractivity contribution is -0.348. The van der Waals surface area contributed by atoms with Gasteiger partial charge < -0.3 is 89.3 Å². The van der Waals surface area contributed by atoms with Gasteiger partial charge >= 0.3 is 5.97 Å². The standard InChI is InChI=1S/C52H84O19/c1-10-24(2)43(64)68-23-52-26(17-47(3,4)18-32(52)54)25-11-12-31-49(7)15-14-34(48(5,6)30(49)13-16-50(31,8)51(25,9)19-33(52)55)71-46-42(63)39(60)37(58)29(70-46)22-67-45-41(62)38(59)36(57)28(69-45)21-66-44-40(61)35(56)27(53)20-65-44/h10-11,26-42,44-46,53-63H,12-23H2,1-9H3/b24-10+/t26-,27+,28+,29+,30?,31+,32-,33-,34-,35-,36+,37+,38-,39-,40+,41+,42+,44-,45+,46-,49-,50+,51+,52+/m0/s1. The molecule has 0 radical (unpaired) electrons. The molecule has 0 aromatic heterocycles. The van der Waals surface area contributed by atoms with E-state index < -0.39 is 140 Å². The number of hydrogen-bond acceptors (Lipinski definition) is 19. The smallest absolute Gasteiger partial charge is 0.333 e. The van der Waals surface area contributed by atoms with E-state index in [1.807, 2.05) is 0 Å². The van der Waals surface area contributed by atoms with Gasteiger partial charge in [0.05, 0.1) is 43.5 Å². The molecule has 3 heterocycles. The van der Waals surface area contributed by atoms with Gasteiger partial charge in [-0.2, -0.15) is 0 Å². The molecule has 4 saturated carbocycles. The SMILES string of the molecule is C/C=C(\C)C(=O)OC[C@]12[C@@H](O)CC(C)(C)C[C@H]1C1=CC[C@@H]3[C@@]4(C)CC[C@H](O[C@@H]5O[C@H](CO[C@@H]6O[C@H](CO[C@@H]7OC[C@@H](O)[C@H](O)[C@H]7O)[C@@H](O)[C@H](O)[C@H]6O)[C@@H](O)[C@H](O)[C@H]5O)C(C)(C)C4CC[C@@]3(C)[C@]1(C)C[C@@H]2O. The maximum atomic E-state index is 13.0. The molecule has 0 spiro atoms. The van der Waals surface area contributed by atoms with Gasteiger partial charge in [-0.15, -0.1) is 0 Å². The van der Waals surface area contributed by atoms with Crippen molar-refractivity contribution in [2.75, 3.05) is 26.4 Å². The minimum atomic E-state index is -1.79. The fraction of sp³-hybridized carbons (Fsp3) is 0.904. The van der Waals surface area contributed by atoms with Crippen LogP contribution < -0.4 is 0 Å². The van der Waals surface area contributed by atoms with E-state index in [9.17, 15) is 61.0 Å². The molecule has 0 aromatic rings. The van der Waals surface area contributed by atoms with Gasteiger partial charge in [0.25, 0.3) is 0 Å². The quantitative estimate of drug-likeness (QED) is 0.0588. The first kappa shape index (κ1) is 55.5. The summed E-state index contributed by atoms with van der Waals surface area (Å²) in [5, 5.41) is 120. The van der Waals surface area contributed by atoms with Crippen LogP contribution in [0, 0.1) is 50.2 Å². The number of hydrogen-bond donors (Lipinski definition) is 11. The number of carbonyl (C=O) groups excluding carboxylic acids is 1. The van der Waals surface area contributed by atoms with Crippen molar-refractivity contribution in [1.29, 1.82) is 0 Å². The Morgan fingerprint density at radius 1 is 0.690 bits per heavy atom. The molecule has 0 amide bonds. The Labute approximate surface area is 417 Å². The summed E-state index contributed by atoms with van der Waals surface area (Å²) in [6.07, 6.45) is -14.5. The molecule has 24 atom stereocenters. The lowest BCUT2D eigenvalue weighted by Gasteiger charge is -2.72. The fourth-order valence-corrected chi connectivity index (χ4v) is 15.4. The van der Waals surface area contributed by atoms with E-state index >= 15 is 0 Å². The summed E-state index contributed by atoms with van der Waals surface area (Å²) in [7, 11) is 0. The van der Waals surface area contributed by atoms with Crippen LogP contribution in [0.4, 0.5) is 0 Å². The van der Waals surface area contributed by atoms with Gasteiger partial charge in [0.1, 0.15) is 73.8 Å². The van der Waals surface area contributed by atoms with E-state index in [4.69, 9.17) is 33.2 Å². The molecule has 3 aliphatic heterocycles. The molecule has 8 aliphatic rings. The average molecular weight is 1010 g/mol. The molecule has 19 heteroatoms. The number of aliphatic hydroxyl groups is 11. The van der Waals surface area contributed by atoms with Crippen LogP contribution in [0.25, 0.3) is 0 Å². The molecular formula is C52H84O19. The number of rotatable bonds is 11. The molecule has 19 nitrogen and oxygen atoms in total. The zero-order valence-electron chi connectivity index (χ0n) is 42.9. The lowest BCUT2D eigenvalue weighted by Crippen LogP contribution is -2.69. The van der Waals surface area contributed by atoms with E-state index in [0.29, 0.717) is 24.8 Å². The summed E-state index contributed by atoms with van der Waals surface area (Å²) in [5.74, 6) is -0.292. The van der Waals surface area contributed by atoms with Crippen LogP contribution in [0.2, 0.25) is 0 Å². The molecule has 71 heavy (non-hydrogen) atoms. The maximum absolute atomic E-state index is 13.0. The van der Waals surface area contributed by atoms with Crippen molar-refractivity contribution >= 4 is 5.97 Å². The summed E-state index contributed by atoms with van der Waals surface area (Å²) in [5.41, 5.74) is -0.845. The van der Waals surface area contributed by atoms with E-state index in [-0.39, 0.29) is 47.2 Å². The molecule has 5 aliphatic carbocycles. The van der Waals surface area contributed by atoms with Crippen LogP contribution >= 0.6 is 0 Å². The van der Waals surface area contributed by atoms with Gasteiger partial charge in [-0.3, -0.25) is 0 Å². The predicted molar refractivity (Wildman–Crippen MR) is 250 cm³/mol. The van der Waals surface area contributed by atoms with E-state index in [1.165, 1.54) is 5.57 Å². The van der Waals surface area contributed by atoms with Crippen LogP contribution in [0.5, 0.6) is 0 Å². The van der Waals surface area contributed by atoms with Crippen LogP contribution in [-0.4, -0.2) is 193 Å². The highest BCUT2D eigenvalue weighted by atomic mass is 16.7. The molecule has 11 N–H and O–H groups in total. The highest BCUT2D eigenvalue weighted by Gasteiger charge is 2.72. The normalized spacial score (nSPS) is 51.7. The topological polar surface area (TPSA) is 304 Å². The number of carbonyl (C=O) groups is 1. The molecule has 3 saturated heterocycles. The molecular weight excluding hydrogens is 929 g/mol. The fourth-order valence-electron chi connectivity index (χ4n) is 15.4. The van der Waals surface area contributed by atoms with E-state index in [0.717, 1.165) is 32.1 Å². The number of ether oxygens (including phenoxy) is 7. The van der Waals surface area contributed by atoms with Crippen LogP contribution in [0.3, 0.4) is 0 Å². The Balaban J connectivity index is 0.956. The first-order valence-corrected chi connectivity index (χ1v) is 25.9. The number of aliphatic hydroxyl groups excluding tert-OH is 11. The highest BCUT2D eigenvalue weighted by Crippen LogP contribution is 2.76. The lowest BCUT2D eigenvalue weighted by atomic mass is 9.33. The second-order valence-corrected chi connectivity index (χ2v) is 24.7. The Morgan fingerprint density at radius 3 is 1.90 bits per heavy atom. The number of fused-ring (bicyclic) bond motifs is 7. The van der Waals surface area contributed by atoms with E-state index in [1.54, 1.807) is 19.9 Å². The third kappa shape index (κ3) is 9.23. The van der Waals surface area contributed by atoms with Crippen molar-refractivity contribution < 1.29 is 94.1 Å². The van der Waals surface area contributed by atoms with Gasteiger partial charge in [0, 0.05) is 5.57 Å². The highest BCUT2D eigenvalue weighted by molar-refractivity contribution is 5.87. The molecule has 0 aromatic carbocycles. The molecule has 7 fully saturated rings. The van der Waals surface area contributed by atoms with Gasteiger partial charge in [0.2, 0.25) is 0 Å². The molecule has 1 unspecified atom stereocenters. The summed E-state index contributed by atoms with van der Waals surface area (Å²) >= 11 is 0. The second kappa shape index (κ2) is 20.0. The second-order valence-electron chi connectivity index (χ2n) is 24.7. The molecule has 0 bridgehead atoms. The third-order valence-electron chi connectivity index (χ3n) is 20.0. The van der Waals surface area contributed by atoms with Gasteiger partial charge in [-0.05, 0) is 110 Å². The van der Waals surface area contributed by atoms with Crippen molar-refractivity contribution in [3.05, 3.63) is 23.3 Å². The van der Waals surface area contributed by atoms with Crippen molar-refractivity contribution in [2.45, 2.75) is 218 Å². The average Bonchev–Trinajstić information content (AvgIpc) is 3.30. The Kier molecular flexibility index (Phi) is 15.6. The van der Waals surface area contributed by atoms with Crippen LogP contribution in [0.15, 0.2) is 23.3 Å². The molecule has 8 rings (SSSR count). The van der Waals surface area contributed by atoms with Crippen molar-refractivity contribution in [1.82, 2.24) is 0 Å². The number of allylic oxidation sites excluding steroid dienone is 3. The largest absolute Gasteiger partial charge is 0.462 e. The van der Waals surface area contributed by atoms with Crippen molar-refractivity contribution in [3.8, 4) is 0 Å². The first-order chi connectivity index (χ1) is 33.1. The van der Waals surface area contributed by atoms with Crippen LogP contribution in [-0.2, 0) is 38.0 Å². The van der Waals surface area contributed by atoms with Gasteiger partial charge in [-0.1, -0.05) is 66.2 Å². The molecule has 406 valence electrons. The number of esters is 1. The Hall–Kier alpha value is -1.73. The summed E-state index contributed by atoms with van der Waals surface area (Å²) in [6, 6.07) is 0. The van der Waals surface area contributed by atoms with Crippen LogP contribution in [0.1, 0.15) is 114 Å². The van der Waals surface area contributed by atoms with E-state index in [2.05, 4.69) is 54.5 Å². The maximum Gasteiger partial charge on any atom is 0.333 e. The monoisotopic (exact) mass is 1010 g/mol. The Morgan fingerprint density at radius 2 is 1.27 bits per heavy atom. The summed E-state index contributed by atoms with van der Waals surface area (Å²) in [6.45, 7) is 17.8. The third-order valence-corrected chi connectivity index (χ3v) is 20.0. The Bertz CT molecular complexity index is 1980. The predicted octanol–water partition coefficient (Wildman–Crippen LogP) is 0.712. The van der Waals surface area contributed by atoms with Crippen molar-refractivity contribution in [3.63, 3.8) is 0 Å². The summed E-state index contributed by atoms with van der Waals surface area (Å²) < 4.78 is 41.1. The van der Waals surface area contributed by atoms with Gasteiger partial charge in [-0.25, -0.2) is 4.79 Å². The minimum absolute atomic E-state index is 0.0684. The zero-order valence-corrected chi connectivity index (χ0v) is 42.9. The van der Waals surface area contributed by atoms with Crippen molar-refractivity contribution in [2.24, 2.45) is 50.2 Å². The van der Waals surface area contributed by atoms with Gasteiger partial charge in [0.15, 0.2) is 18.9 Å². The summed E-state index contributed by atoms with van der Waals surface area (Å²) in [4.78, 5) is 13.0. The minimum Gasteiger partial charge on any atom is -0.462 e. The first-order valence-electron chi connectivity index (χ1n) is 25.9. The zero-order chi connectivity index (χ0) is 52.1.